The molecule has 0 bridgehead atoms. The molecule has 25 heavy (non-hydrogen) atoms. The van der Waals surface area contributed by atoms with Gasteiger partial charge < -0.3 is 10.1 Å². The number of fused-ring (bicyclic) bond motifs is 1. The Morgan fingerprint density at radius 1 is 1.20 bits per heavy atom. The van der Waals surface area contributed by atoms with Gasteiger partial charge >= 0.3 is 0 Å². The number of piperidine rings is 1. The average Bonchev–Trinajstić information content (AvgIpc) is 3.03. The molecule has 3 aromatic rings. The van der Waals surface area contributed by atoms with Crippen LogP contribution in [0.5, 0.6) is 5.75 Å². The summed E-state index contributed by atoms with van der Waals surface area (Å²) in [6.45, 7) is 2.05. The Morgan fingerprint density at radius 2 is 1.96 bits per heavy atom. The van der Waals surface area contributed by atoms with Gasteiger partial charge in [-0.1, -0.05) is 11.6 Å². The van der Waals surface area contributed by atoms with E-state index in [9.17, 15) is 0 Å². The van der Waals surface area contributed by atoms with Gasteiger partial charge in [-0.2, -0.15) is 0 Å². The minimum atomic E-state index is 0.303. The Bertz CT molecular complexity index is 880. The van der Waals surface area contributed by atoms with Gasteiger partial charge in [0.05, 0.1) is 11.1 Å². The molecule has 1 fully saturated rings. The van der Waals surface area contributed by atoms with Crippen molar-refractivity contribution in [2.24, 2.45) is 0 Å². The fourth-order valence-electron chi connectivity index (χ4n) is 3.04. The second-order valence-electron chi connectivity index (χ2n) is 5.89. The van der Waals surface area contributed by atoms with E-state index in [0.717, 1.165) is 54.0 Å². The third-order valence-corrected chi connectivity index (χ3v) is 6.31. The smallest absolute Gasteiger partial charge is 0.156 e. The summed E-state index contributed by atoms with van der Waals surface area (Å²) in [5.74, 6) is 0.915. The maximum absolute atomic E-state index is 6.22. The van der Waals surface area contributed by atoms with Crippen molar-refractivity contribution in [1.82, 2.24) is 19.3 Å². The van der Waals surface area contributed by atoms with Gasteiger partial charge in [0.2, 0.25) is 0 Å². The van der Waals surface area contributed by atoms with Gasteiger partial charge in [-0.15, -0.1) is 0 Å². The summed E-state index contributed by atoms with van der Waals surface area (Å²) in [5, 5.41) is 4.69. The highest BCUT2D eigenvalue weighted by molar-refractivity contribution is 14.2. The van der Waals surface area contributed by atoms with Crippen molar-refractivity contribution in [1.29, 1.82) is 0 Å². The van der Waals surface area contributed by atoms with Crippen LogP contribution < -0.4 is 10.1 Å². The van der Waals surface area contributed by atoms with E-state index < -0.39 is 0 Å². The van der Waals surface area contributed by atoms with E-state index in [1.54, 1.807) is 9.12 Å². The highest BCUT2D eigenvalue weighted by atomic mass is 127. The summed E-state index contributed by atoms with van der Waals surface area (Å²) < 4.78 is 8.15. The predicted molar refractivity (Wildman–Crippen MR) is 112 cm³/mol. The van der Waals surface area contributed by atoms with Crippen LogP contribution in [-0.2, 0) is 0 Å². The minimum absolute atomic E-state index is 0.303. The molecule has 0 radical (unpaired) electrons. The summed E-state index contributed by atoms with van der Waals surface area (Å²) in [6, 6.07) is 10.3. The van der Waals surface area contributed by atoms with Gasteiger partial charge in [0, 0.05) is 30.3 Å². The van der Waals surface area contributed by atoms with Crippen LogP contribution in [0.25, 0.3) is 22.3 Å². The second-order valence-corrected chi connectivity index (χ2v) is 7.93. The summed E-state index contributed by atoms with van der Waals surface area (Å²) in [4.78, 5) is 8.44. The number of nitrogens with one attached hydrogen (secondary N) is 1. The Morgan fingerprint density at radius 3 is 2.68 bits per heavy atom. The summed E-state index contributed by atoms with van der Waals surface area (Å²) in [5.41, 5.74) is 2.96. The van der Waals surface area contributed by atoms with Crippen molar-refractivity contribution in [2.45, 2.75) is 18.9 Å². The molecule has 8 heteroatoms. The van der Waals surface area contributed by atoms with Crippen molar-refractivity contribution in [3.63, 3.8) is 0 Å². The zero-order chi connectivity index (χ0) is 17.2. The molecular weight excluding hydrogens is 471 g/mol. The van der Waals surface area contributed by atoms with Gasteiger partial charge in [-0.25, -0.2) is 9.97 Å². The molecule has 0 unspecified atom stereocenters. The third-order valence-electron chi connectivity index (χ3n) is 4.31. The number of hydrogen-bond acceptors (Lipinski definition) is 5. The number of nitrogens with zero attached hydrogens (tertiary/aromatic N) is 3. The predicted octanol–water partition coefficient (Wildman–Crippen LogP) is 4.73. The van der Waals surface area contributed by atoms with Gasteiger partial charge in [0.15, 0.2) is 5.65 Å². The molecule has 0 atom stereocenters. The number of hydrogen-bond donors (Lipinski definition) is 1. The Hall–Kier alpha value is -1.03. The molecule has 5 nitrogen and oxygen atoms in total. The minimum Gasteiger partial charge on any atom is -0.490 e. The normalized spacial score (nSPS) is 15.6. The Labute approximate surface area is 167 Å². The number of halogens is 2. The SMILES string of the molecule is Clc1ncnc2c1cc(-c1ccc(OC3CCNCC3)cc1)n2SI. The zero-order valence-corrected chi connectivity index (χ0v) is 17.0. The molecule has 130 valence electrons. The van der Waals surface area contributed by atoms with Gasteiger partial charge in [-0.3, -0.25) is 3.97 Å². The monoisotopic (exact) mass is 486 g/mol. The standard InChI is InChI=1S/C17H16ClIN4OS/c18-16-14-9-15(23(25-19)17(14)22-10-21-16)11-1-3-12(4-2-11)24-13-5-7-20-8-6-13/h1-4,9-10,13,20H,5-8H2. The molecule has 0 aliphatic carbocycles. The molecule has 2 aromatic heterocycles. The first-order valence-corrected chi connectivity index (χ1v) is 11.7. The number of benzene rings is 1. The average molecular weight is 487 g/mol. The van der Waals surface area contributed by atoms with E-state index in [4.69, 9.17) is 16.3 Å². The highest BCUT2D eigenvalue weighted by Gasteiger charge is 2.16. The molecule has 1 saturated heterocycles. The summed E-state index contributed by atoms with van der Waals surface area (Å²) in [7, 11) is 1.57. The molecular formula is C17H16ClIN4OS. The molecule has 1 aromatic carbocycles. The largest absolute Gasteiger partial charge is 0.490 e. The third kappa shape index (κ3) is 3.60. The van der Waals surface area contributed by atoms with Crippen LogP contribution in [0.4, 0.5) is 0 Å². The topological polar surface area (TPSA) is 52.0 Å². The van der Waals surface area contributed by atoms with Crippen LogP contribution in [0.15, 0.2) is 36.7 Å². The number of rotatable bonds is 4. The highest BCUT2D eigenvalue weighted by Crippen LogP contribution is 2.36. The zero-order valence-electron chi connectivity index (χ0n) is 13.3. The summed E-state index contributed by atoms with van der Waals surface area (Å²) in [6.07, 6.45) is 3.91. The van der Waals surface area contributed by atoms with Crippen LogP contribution >= 0.6 is 41.9 Å². The molecule has 1 aliphatic heterocycles. The first-order valence-electron chi connectivity index (χ1n) is 8.05. The van der Waals surface area contributed by atoms with Crippen LogP contribution in [0.3, 0.4) is 0 Å². The lowest BCUT2D eigenvalue weighted by molar-refractivity contribution is 0.162. The van der Waals surface area contributed by atoms with E-state index >= 15 is 0 Å². The van der Waals surface area contributed by atoms with Crippen LogP contribution in [0.2, 0.25) is 5.15 Å². The van der Waals surface area contributed by atoms with Crippen LogP contribution in [-0.4, -0.2) is 33.1 Å². The molecule has 0 amide bonds. The van der Waals surface area contributed by atoms with E-state index in [0.29, 0.717) is 11.3 Å². The first kappa shape index (κ1) is 17.4. The number of aromatic nitrogens is 3. The van der Waals surface area contributed by atoms with Crippen LogP contribution in [0, 0.1) is 0 Å². The fraction of sp³-hybridized carbons (Fsp3) is 0.294. The van der Waals surface area contributed by atoms with Gasteiger partial charge in [-0.05, 0) is 61.8 Å². The van der Waals surface area contributed by atoms with Crippen molar-refractivity contribution in [3.05, 3.63) is 41.8 Å². The summed E-state index contributed by atoms with van der Waals surface area (Å²) >= 11 is 8.47. The van der Waals surface area contributed by atoms with E-state index in [-0.39, 0.29) is 0 Å². The van der Waals surface area contributed by atoms with Crippen molar-refractivity contribution < 1.29 is 4.74 Å². The lowest BCUT2D eigenvalue weighted by Gasteiger charge is -2.23. The lowest BCUT2D eigenvalue weighted by Crippen LogP contribution is -2.34. The van der Waals surface area contributed by atoms with Crippen molar-refractivity contribution in [2.75, 3.05) is 13.1 Å². The molecule has 4 rings (SSSR count). The van der Waals surface area contributed by atoms with Crippen molar-refractivity contribution in [3.8, 4) is 17.0 Å². The van der Waals surface area contributed by atoms with E-state index in [2.05, 4.69) is 52.6 Å². The quantitative estimate of drug-likeness (QED) is 0.427. The Kier molecular flexibility index (Phi) is 5.35. The maximum atomic E-state index is 6.22. The molecule has 1 aliphatic rings. The first-order chi connectivity index (χ1) is 12.3. The van der Waals surface area contributed by atoms with Gasteiger partial charge in [0.25, 0.3) is 0 Å². The van der Waals surface area contributed by atoms with Crippen molar-refractivity contribution >= 4 is 53.0 Å². The van der Waals surface area contributed by atoms with E-state index in [1.165, 1.54) is 6.33 Å². The lowest BCUT2D eigenvalue weighted by atomic mass is 10.1. The molecule has 3 heterocycles. The van der Waals surface area contributed by atoms with E-state index in [1.807, 2.05) is 18.2 Å². The molecule has 0 saturated carbocycles. The van der Waals surface area contributed by atoms with Gasteiger partial charge in [0.1, 0.15) is 23.3 Å². The maximum Gasteiger partial charge on any atom is 0.156 e. The molecule has 0 spiro atoms. The Balaban J connectivity index is 1.63. The van der Waals surface area contributed by atoms with Crippen LogP contribution in [0.1, 0.15) is 12.8 Å². The fourth-order valence-corrected chi connectivity index (χ4v) is 4.86. The number of ether oxygens (including phenoxy) is 1. The second kappa shape index (κ2) is 7.69. The molecule has 1 N–H and O–H groups in total.